The molecule has 0 radical (unpaired) electrons. The molecule has 6 rings (SSSR count). The summed E-state index contributed by atoms with van der Waals surface area (Å²) in [5, 5.41) is 0. The molecule has 3 aromatic carbocycles. The Morgan fingerprint density at radius 3 is 0.980 bits per heavy atom. The van der Waals surface area contributed by atoms with Crippen molar-refractivity contribution < 1.29 is 0 Å². The first kappa shape index (κ1) is 35.5. The number of nitrogens with zero attached hydrogens (tertiary/aromatic N) is 9. The normalized spacial score (nSPS) is 11.8. The van der Waals surface area contributed by atoms with Crippen molar-refractivity contribution in [3.8, 4) is 56.7 Å². The van der Waals surface area contributed by atoms with Gasteiger partial charge < -0.3 is 0 Å². The maximum absolute atomic E-state index is 5.12. The summed E-state index contributed by atoms with van der Waals surface area (Å²) >= 11 is 0. The Morgan fingerprint density at radius 1 is 0.275 bits per heavy atom. The molecule has 51 heavy (non-hydrogen) atoms. The molecule has 0 spiro atoms. The van der Waals surface area contributed by atoms with Crippen LogP contribution in [0.5, 0.6) is 0 Å². The van der Waals surface area contributed by atoms with Crippen LogP contribution in [0, 0.1) is 0 Å². The second-order valence-electron chi connectivity index (χ2n) is 14.6. The summed E-state index contributed by atoms with van der Waals surface area (Å²) in [6, 6.07) is 24.8. The van der Waals surface area contributed by atoms with Crippen LogP contribution in [0.1, 0.15) is 128 Å². The molecule has 6 aromatic rings. The van der Waals surface area contributed by atoms with Gasteiger partial charge >= 0.3 is 0 Å². The van der Waals surface area contributed by atoms with E-state index in [1.165, 1.54) is 0 Å². The molecule has 0 saturated heterocycles. The van der Waals surface area contributed by atoms with Gasteiger partial charge in [-0.15, -0.1) is 0 Å². The van der Waals surface area contributed by atoms with Crippen molar-refractivity contribution >= 4 is 0 Å². The quantitative estimate of drug-likeness (QED) is 0.140. The maximum atomic E-state index is 5.12. The Kier molecular flexibility index (Phi) is 10.4. The maximum Gasteiger partial charge on any atom is 0.163 e. The van der Waals surface area contributed by atoms with Gasteiger partial charge in [0.05, 0.1) is 0 Å². The molecule has 0 aliphatic heterocycles. The van der Waals surface area contributed by atoms with E-state index in [0.29, 0.717) is 29.1 Å². The largest absolute Gasteiger partial charge is 0.217 e. The SMILES string of the molecule is CC(C)c1nc(-c2cccc(-c3nc(C(C)C)nc(C(C)C)n3)c2)nc(-c2cc(-c3ccccc3)cc(-c3nc(C(C)C)nc(C(C)C)n3)c2)n1. The molecule has 3 aromatic heterocycles. The Bertz CT molecular complexity index is 2100. The Hall–Kier alpha value is -5.31. The van der Waals surface area contributed by atoms with Crippen molar-refractivity contribution in [2.45, 2.75) is 98.8 Å². The summed E-state index contributed by atoms with van der Waals surface area (Å²) in [5.74, 6) is 7.03. The van der Waals surface area contributed by atoms with Crippen LogP contribution in [-0.2, 0) is 0 Å². The summed E-state index contributed by atoms with van der Waals surface area (Å²) in [6.45, 7) is 21.0. The van der Waals surface area contributed by atoms with Crippen molar-refractivity contribution in [3.05, 3.63) is 102 Å². The van der Waals surface area contributed by atoms with Gasteiger partial charge in [0.2, 0.25) is 0 Å². The zero-order chi connectivity index (χ0) is 36.4. The smallest absolute Gasteiger partial charge is 0.163 e. The highest BCUT2D eigenvalue weighted by Crippen LogP contribution is 2.33. The molecule has 0 aliphatic carbocycles. The molecule has 9 heteroatoms. The third kappa shape index (κ3) is 8.03. The molecule has 0 N–H and O–H groups in total. The molecule has 0 atom stereocenters. The minimum atomic E-state index is 0.0712. The molecular weight excluding hydrogens is 631 g/mol. The number of benzene rings is 3. The van der Waals surface area contributed by atoms with Crippen molar-refractivity contribution in [2.75, 3.05) is 0 Å². The number of aromatic nitrogens is 9. The van der Waals surface area contributed by atoms with Gasteiger partial charge in [-0.3, -0.25) is 0 Å². The fraction of sp³-hybridized carbons (Fsp3) is 0.357. The zero-order valence-electron chi connectivity index (χ0n) is 31.3. The highest BCUT2D eigenvalue weighted by atomic mass is 15.1. The predicted molar refractivity (Wildman–Crippen MR) is 204 cm³/mol. The molecule has 0 bridgehead atoms. The highest BCUT2D eigenvalue weighted by Gasteiger charge is 2.19. The Morgan fingerprint density at radius 2 is 0.569 bits per heavy atom. The van der Waals surface area contributed by atoms with Gasteiger partial charge in [-0.1, -0.05) is 118 Å². The van der Waals surface area contributed by atoms with Crippen molar-refractivity contribution in [2.24, 2.45) is 0 Å². The second-order valence-corrected chi connectivity index (χ2v) is 14.6. The number of hydrogen-bond acceptors (Lipinski definition) is 9. The fourth-order valence-corrected chi connectivity index (χ4v) is 5.50. The summed E-state index contributed by atoms with van der Waals surface area (Å²) in [5.41, 5.74) is 5.57. The van der Waals surface area contributed by atoms with Crippen LogP contribution in [-0.4, -0.2) is 44.9 Å². The van der Waals surface area contributed by atoms with Crippen molar-refractivity contribution in [1.29, 1.82) is 0 Å². The first-order chi connectivity index (χ1) is 24.4. The van der Waals surface area contributed by atoms with Gasteiger partial charge in [0, 0.05) is 51.8 Å². The van der Waals surface area contributed by atoms with Crippen LogP contribution < -0.4 is 0 Å². The van der Waals surface area contributed by atoms with E-state index in [4.69, 9.17) is 44.9 Å². The average Bonchev–Trinajstić information content (AvgIpc) is 3.14. The summed E-state index contributed by atoms with van der Waals surface area (Å²) in [4.78, 5) is 44.2. The predicted octanol–water partition coefficient (Wildman–Crippen LogP) is 10.2. The second kappa shape index (κ2) is 14.9. The van der Waals surface area contributed by atoms with Crippen LogP contribution in [0.3, 0.4) is 0 Å². The monoisotopic (exact) mass is 677 g/mol. The van der Waals surface area contributed by atoms with Crippen LogP contribution >= 0.6 is 0 Å². The average molecular weight is 678 g/mol. The molecular formula is C42H47N9. The van der Waals surface area contributed by atoms with Gasteiger partial charge in [0.1, 0.15) is 29.1 Å². The van der Waals surface area contributed by atoms with Gasteiger partial charge in [0.25, 0.3) is 0 Å². The van der Waals surface area contributed by atoms with E-state index >= 15 is 0 Å². The third-order valence-electron chi connectivity index (χ3n) is 8.51. The lowest BCUT2D eigenvalue weighted by Crippen LogP contribution is -2.08. The van der Waals surface area contributed by atoms with Gasteiger partial charge in [-0.05, 0) is 35.4 Å². The molecule has 0 unspecified atom stereocenters. The van der Waals surface area contributed by atoms with E-state index in [-0.39, 0.29) is 29.6 Å². The minimum absolute atomic E-state index is 0.0712. The molecule has 9 nitrogen and oxygen atoms in total. The summed E-state index contributed by atoms with van der Waals surface area (Å²) in [7, 11) is 0. The Labute approximate surface area is 301 Å². The first-order valence-electron chi connectivity index (χ1n) is 18.0. The number of rotatable bonds is 10. The van der Waals surface area contributed by atoms with Crippen molar-refractivity contribution in [1.82, 2.24) is 44.9 Å². The van der Waals surface area contributed by atoms with Crippen LogP contribution in [0.25, 0.3) is 56.7 Å². The standard InChI is InChI=1S/C42H47N9/c1-23(2)34-43-35(24(3)4)46-39(45-34)29-17-14-18-30(19-29)40-47-38(27(9)10)50-42(51-40)33-21-31(28-15-12-11-13-16-28)20-32(22-33)41-48-36(25(5)6)44-37(49-41)26(7)8/h11-27H,1-10H3. The lowest BCUT2D eigenvalue weighted by Gasteiger charge is -2.15. The Balaban J connectivity index is 1.53. The van der Waals surface area contributed by atoms with E-state index in [2.05, 4.69) is 106 Å². The third-order valence-corrected chi connectivity index (χ3v) is 8.51. The molecule has 0 aliphatic rings. The van der Waals surface area contributed by atoms with E-state index in [9.17, 15) is 0 Å². The minimum Gasteiger partial charge on any atom is -0.217 e. The van der Waals surface area contributed by atoms with E-state index in [1.54, 1.807) is 0 Å². The topological polar surface area (TPSA) is 116 Å². The first-order valence-corrected chi connectivity index (χ1v) is 18.0. The van der Waals surface area contributed by atoms with Crippen LogP contribution in [0.2, 0.25) is 0 Å². The summed E-state index contributed by atoms with van der Waals surface area (Å²) in [6.07, 6.45) is 0. The molecule has 0 amide bonds. The van der Waals surface area contributed by atoms with Gasteiger partial charge in [-0.25, -0.2) is 44.9 Å². The zero-order valence-corrected chi connectivity index (χ0v) is 31.3. The lowest BCUT2D eigenvalue weighted by molar-refractivity contribution is 0.697. The van der Waals surface area contributed by atoms with Crippen LogP contribution in [0.4, 0.5) is 0 Å². The lowest BCUT2D eigenvalue weighted by atomic mass is 9.98. The van der Waals surface area contributed by atoms with Crippen LogP contribution in [0.15, 0.2) is 72.8 Å². The number of hydrogen-bond donors (Lipinski definition) is 0. The van der Waals surface area contributed by atoms with E-state index in [1.807, 2.05) is 36.4 Å². The van der Waals surface area contributed by atoms with Gasteiger partial charge in [-0.2, -0.15) is 0 Å². The molecule has 0 fully saturated rings. The van der Waals surface area contributed by atoms with E-state index in [0.717, 1.165) is 56.7 Å². The van der Waals surface area contributed by atoms with Gasteiger partial charge in [0.15, 0.2) is 23.3 Å². The fourth-order valence-electron chi connectivity index (χ4n) is 5.50. The molecule has 0 saturated carbocycles. The molecule has 3 heterocycles. The highest BCUT2D eigenvalue weighted by molar-refractivity contribution is 5.78. The molecule has 260 valence electrons. The van der Waals surface area contributed by atoms with E-state index < -0.39 is 0 Å². The van der Waals surface area contributed by atoms with Crippen molar-refractivity contribution in [3.63, 3.8) is 0 Å². The summed E-state index contributed by atoms with van der Waals surface area (Å²) < 4.78 is 0.